The summed E-state index contributed by atoms with van der Waals surface area (Å²) in [5, 5.41) is 1.39. The van der Waals surface area contributed by atoms with Crippen molar-refractivity contribution in [1.82, 2.24) is 9.47 Å². The summed E-state index contributed by atoms with van der Waals surface area (Å²) in [7, 11) is 0. The van der Waals surface area contributed by atoms with Gasteiger partial charge in [-0.3, -0.25) is 0 Å². The highest BCUT2D eigenvalue weighted by Gasteiger charge is 2.23. The molecule has 2 aliphatic heterocycles. The fourth-order valence-corrected chi connectivity index (χ4v) is 4.68. The minimum Gasteiger partial charge on any atom is -0.493 e. The fourth-order valence-electron chi connectivity index (χ4n) is 4.68. The van der Waals surface area contributed by atoms with E-state index in [1.165, 1.54) is 66.6 Å². The Balaban J connectivity index is 1.58. The average Bonchev–Trinajstić information content (AvgIpc) is 3.25. The maximum absolute atomic E-state index is 6.06. The van der Waals surface area contributed by atoms with Crippen molar-refractivity contribution in [2.24, 2.45) is 0 Å². The molecule has 0 bridgehead atoms. The minimum absolute atomic E-state index is 0.756. The summed E-state index contributed by atoms with van der Waals surface area (Å²) in [5.41, 5.74) is 5.44. The Morgan fingerprint density at radius 3 is 2.62 bits per heavy atom. The molecule has 0 N–H and O–H groups in total. The van der Waals surface area contributed by atoms with Crippen molar-refractivity contribution < 1.29 is 4.74 Å². The van der Waals surface area contributed by atoms with Gasteiger partial charge in [0.2, 0.25) is 0 Å². The number of para-hydroxylation sites is 2. The van der Waals surface area contributed by atoms with Crippen LogP contribution >= 0.6 is 0 Å². The summed E-state index contributed by atoms with van der Waals surface area (Å²) < 4.78 is 8.61. The number of benzene rings is 2. The predicted molar refractivity (Wildman–Crippen MR) is 107 cm³/mol. The van der Waals surface area contributed by atoms with E-state index in [0.29, 0.717) is 0 Å². The van der Waals surface area contributed by atoms with Gasteiger partial charge in [0.05, 0.1) is 12.3 Å². The molecule has 0 amide bonds. The van der Waals surface area contributed by atoms with Gasteiger partial charge < -0.3 is 14.2 Å². The van der Waals surface area contributed by atoms with Gasteiger partial charge in [-0.2, -0.15) is 0 Å². The van der Waals surface area contributed by atoms with Gasteiger partial charge in [-0.05, 0) is 62.7 Å². The molecule has 3 heteroatoms. The second kappa shape index (κ2) is 6.81. The van der Waals surface area contributed by atoms with Gasteiger partial charge in [-0.15, -0.1) is 0 Å². The molecule has 2 aliphatic rings. The third-order valence-corrected chi connectivity index (χ3v) is 5.88. The third kappa shape index (κ3) is 2.71. The van der Waals surface area contributed by atoms with E-state index >= 15 is 0 Å². The molecule has 26 heavy (non-hydrogen) atoms. The zero-order valence-electron chi connectivity index (χ0n) is 15.3. The van der Waals surface area contributed by atoms with Crippen LogP contribution in [0.15, 0.2) is 48.5 Å². The maximum atomic E-state index is 6.06. The van der Waals surface area contributed by atoms with Crippen LogP contribution in [-0.4, -0.2) is 35.7 Å². The number of likely N-dealkylation sites (tertiary alicyclic amines) is 1. The number of aryl methyl sites for hydroxylation is 1. The second-order valence-corrected chi connectivity index (χ2v) is 7.49. The first-order chi connectivity index (χ1) is 12.9. The zero-order chi connectivity index (χ0) is 17.3. The van der Waals surface area contributed by atoms with Crippen LogP contribution in [0.1, 0.15) is 24.8 Å². The Bertz CT molecular complexity index is 921. The van der Waals surface area contributed by atoms with Crippen LogP contribution in [0, 0.1) is 0 Å². The smallest absolute Gasteiger partial charge is 0.128 e. The number of nitrogens with zero attached hydrogens (tertiary/aromatic N) is 2. The van der Waals surface area contributed by atoms with E-state index in [4.69, 9.17) is 4.74 Å². The van der Waals surface area contributed by atoms with E-state index in [2.05, 4.69) is 58.0 Å². The summed E-state index contributed by atoms with van der Waals surface area (Å²) in [6, 6.07) is 17.4. The van der Waals surface area contributed by atoms with Gasteiger partial charge in [-0.25, -0.2) is 0 Å². The van der Waals surface area contributed by atoms with E-state index in [0.717, 1.165) is 25.3 Å². The van der Waals surface area contributed by atoms with Crippen molar-refractivity contribution in [3.05, 3.63) is 54.1 Å². The molecule has 3 nitrogen and oxygen atoms in total. The lowest BCUT2D eigenvalue weighted by molar-refractivity contribution is 0.326. The molecule has 1 saturated heterocycles. The van der Waals surface area contributed by atoms with E-state index in [9.17, 15) is 0 Å². The number of aromatic nitrogens is 1. The minimum atomic E-state index is 0.756. The molecule has 0 saturated carbocycles. The van der Waals surface area contributed by atoms with Gasteiger partial charge in [-0.1, -0.05) is 30.3 Å². The van der Waals surface area contributed by atoms with Crippen molar-refractivity contribution in [3.63, 3.8) is 0 Å². The Kier molecular flexibility index (Phi) is 4.18. The summed E-state index contributed by atoms with van der Waals surface area (Å²) in [4.78, 5) is 2.61. The lowest BCUT2D eigenvalue weighted by Gasteiger charge is -2.17. The summed E-state index contributed by atoms with van der Waals surface area (Å²) in [6.45, 7) is 5.59. The van der Waals surface area contributed by atoms with Crippen molar-refractivity contribution in [2.75, 3.05) is 26.2 Å². The van der Waals surface area contributed by atoms with Gasteiger partial charge >= 0.3 is 0 Å². The number of hydrogen-bond acceptors (Lipinski definition) is 2. The predicted octanol–water partition coefficient (Wildman–Crippen LogP) is 4.73. The van der Waals surface area contributed by atoms with Crippen LogP contribution in [-0.2, 0) is 13.0 Å². The highest BCUT2D eigenvalue weighted by Crippen LogP contribution is 2.40. The first-order valence-electron chi connectivity index (χ1n) is 9.96. The van der Waals surface area contributed by atoms with Gasteiger partial charge in [0, 0.05) is 29.4 Å². The molecule has 5 rings (SSSR count). The maximum Gasteiger partial charge on any atom is 0.128 e. The molecule has 0 radical (unpaired) electrons. The van der Waals surface area contributed by atoms with Crippen LogP contribution < -0.4 is 4.74 Å². The molecular formula is C23H26N2O. The molecule has 0 unspecified atom stereocenters. The highest BCUT2D eigenvalue weighted by molar-refractivity contribution is 5.93. The molecule has 1 fully saturated rings. The van der Waals surface area contributed by atoms with E-state index in [-0.39, 0.29) is 0 Å². The van der Waals surface area contributed by atoms with Crippen LogP contribution in [0.5, 0.6) is 5.75 Å². The SMILES string of the molecule is c1ccc2c(c1)OCCc1c-2n(CCCN2CCCC2)c2ccccc12. The largest absolute Gasteiger partial charge is 0.493 e. The van der Waals surface area contributed by atoms with Gasteiger partial charge in [0.25, 0.3) is 0 Å². The van der Waals surface area contributed by atoms with Crippen molar-refractivity contribution >= 4 is 10.9 Å². The topological polar surface area (TPSA) is 17.4 Å². The highest BCUT2D eigenvalue weighted by atomic mass is 16.5. The van der Waals surface area contributed by atoms with Crippen molar-refractivity contribution in [1.29, 1.82) is 0 Å². The van der Waals surface area contributed by atoms with Crippen LogP contribution in [0.3, 0.4) is 0 Å². The Morgan fingerprint density at radius 1 is 0.885 bits per heavy atom. The molecule has 3 heterocycles. The van der Waals surface area contributed by atoms with E-state index in [1.807, 2.05) is 0 Å². The normalized spacial score (nSPS) is 16.9. The Hall–Kier alpha value is -2.26. The van der Waals surface area contributed by atoms with Crippen LogP contribution in [0.4, 0.5) is 0 Å². The molecule has 134 valence electrons. The average molecular weight is 346 g/mol. The molecule has 2 aromatic carbocycles. The molecule has 0 spiro atoms. The Labute approximate surface area is 155 Å². The summed E-state index contributed by atoms with van der Waals surface area (Å²) >= 11 is 0. The van der Waals surface area contributed by atoms with Crippen LogP contribution in [0.2, 0.25) is 0 Å². The standard InChI is InChI=1S/C23H26N2O/c1-3-10-21-18(8-1)19-12-17-26-22-11-4-2-9-20(22)23(19)25(21)16-7-15-24-13-5-6-14-24/h1-4,8-11H,5-7,12-17H2. The number of fused-ring (bicyclic) bond motifs is 5. The van der Waals surface area contributed by atoms with E-state index < -0.39 is 0 Å². The van der Waals surface area contributed by atoms with Crippen LogP contribution in [0.25, 0.3) is 22.2 Å². The Morgan fingerprint density at radius 2 is 1.69 bits per heavy atom. The second-order valence-electron chi connectivity index (χ2n) is 7.49. The lowest BCUT2D eigenvalue weighted by atomic mass is 10.0. The molecule has 1 aromatic heterocycles. The molecule has 0 aliphatic carbocycles. The van der Waals surface area contributed by atoms with Gasteiger partial charge in [0.1, 0.15) is 5.75 Å². The van der Waals surface area contributed by atoms with Gasteiger partial charge in [0.15, 0.2) is 0 Å². The monoisotopic (exact) mass is 346 g/mol. The number of rotatable bonds is 4. The number of hydrogen-bond donors (Lipinski definition) is 0. The first kappa shape index (κ1) is 16.0. The fraction of sp³-hybridized carbons (Fsp3) is 0.391. The van der Waals surface area contributed by atoms with Crippen molar-refractivity contribution in [2.45, 2.75) is 32.2 Å². The molecule has 0 atom stereocenters. The third-order valence-electron chi connectivity index (χ3n) is 5.88. The van der Waals surface area contributed by atoms with E-state index in [1.54, 1.807) is 0 Å². The van der Waals surface area contributed by atoms with Crippen molar-refractivity contribution in [3.8, 4) is 17.0 Å². The number of ether oxygens (including phenoxy) is 1. The molecule has 3 aromatic rings. The quantitative estimate of drug-likeness (QED) is 0.679. The first-order valence-corrected chi connectivity index (χ1v) is 9.96. The molecular weight excluding hydrogens is 320 g/mol. The zero-order valence-corrected chi connectivity index (χ0v) is 15.3. The summed E-state index contributed by atoms with van der Waals surface area (Å²) in [5.74, 6) is 1.02. The summed E-state index contributed by atoms with van der Waals surface area (Å²) in [6.07, 6.45) is 4.91. The lowest BCUT2D eigenvalue weighted by Crippen LogP contribution is -2.21.